The van der Waals surface area contributed by atoms with Crippen LogP contribution in [0, 0.1) is 0 Å². The van der Waals surface area contributed by atoms with Gasteiger partial charge in [0.15, 0.2) is 0 Å². The first-order chi connectivity index (χ1) is 3.81. The van der Waals surface area contributed by atoms with Gasteiger partial charge in [-0.2, -0.15) is 0 Å². The predicted molar refractivity (Wildman–Crippen MR) is 31.6 cm³/mol. The fourth-order valence-electron chi connectivity index (χ4n) is 0.172. The quantitative estimate of drug-likeness (QED) is 0.316. The summed E-state index contributed by atoms with van der Waals surface area (Å²) in [4.78, 5) is 0. The fraction of sp³-hybridized carbons (Fsp3) is 0.500. The Bertz CT molecular complexity index is 105. The smallest absolute Gasteiger partial charge is 0.0280 e. The molecule has 0 radical (unpaired) electrons. The second-order valence-electron chi connectivity index (χ2n) is 1.30. The Kier molecular flexibility index (Phi) is 3.56. The van der Waals surface area contributed by atoms with Gasteiger partial charge in [-0.3, -0.25) is 5.43 Å². The number of nitrogens with zero attached hydrogens (tertiary/aromatic N) is 2. The summed E-state index contributed by atoms with van der Waals surface area (Å²) in [6.07, 6.45) is 1.87. The van der Waals surface area contributed by atoms with Crippen LogP contribution in [0.1, 0.15) is 13.8 Å². The maximum Gasteiger partial charge on any atom is 0.0280 e. The first kappa shape index (κ1) is 6.94. The average Bonchev–Trinajstić information content (AvgIpc) is 1.83. The number of nitrogens with one attached hydrogen (secondary N) is 1. The number of hydrogen-bond acceptors (Lipinski definition) is 2. The molecule has 0 bridgehead atoms. The molecule has 0 heterocycles. The Labute approximate surface area is 48.4 Å². The lowest BCUT2D eigenvalue weighted by Gasteiger charge is -1.91. The molecule has 8 heavy (non-hydrogen) atoms. The van der Waals surface area contributed by atoms with Gasteiger partial charge in [0.2, 0.25) is 0 Å². The maximum atomic E-state index is 4.70. The monoisotopic (exact) mass is 114 g/mol. The van der Waals surface area contributed by atoms with Crippen molar-refractivity contribution in [3.05, 3.63) is 11.8 Å². The van der Waals surface area contributed by atoms with Gasteiger partial charge in [0, 0.05) is 5.70 Å². The van der Waals surface area contributed by atoms with Gasteiger partial charge in [-0.05, 0) is 13.8 Å². The first-order valence-electron chi connectivity index (χ1n) is 2.30. The minimum atomic E-state index is 0.930. The Hall–Kier alpha value is -1.06. The Morgan fingerprint density at radius 2 is 2.38 bits per heavy atom. The molecule has 46 valence electrons. The van der Waals surface area contributed by atoms with Crippen LogP contribution in [0.5, 0.6) is 0 Å². The van der Waals surface area contributed by atoms with Crippen LogP contribution in [0.4, 0.5) is 0 Å². The van der Waals surface area contributed by atoms with E-state index in [0.29, 0.717) is 0 Å². The summed E-state index contributed by atoms with van der Waals surface area (Å²) >= 11 is 0. The van der Waals surface area contributed by atoms with Crippen LogP contribution in [0.2, 0.25) is 0 Å². The summed E-state index contributed by atoms with van der Waals surface area (Å²) in [6.45, 7) is 3.77. The molecule has 3 N–H and O–H groups in total. The molecule has 0 rings (SSSR count). The van der Waals surface area contributed by atoms with Crippen molar-refractivity contribution in [2.45, 2.75) is 13.8 Å². The lowest BCUT2D eigenvalue weighted by molar-refractivity contribution is 0.777. The molecule has 0 unspecified atom stereocenters. The average molecular weight is 114 g/mol. The van der Waals surface area contributed by atoms with Crippen molar-refractivity contribution in [3.8, 4) is 0 Å². The van der Waals surface area contributed by atoms with Gasteiger partial charge in [0.1, 0.15) is 0 Å². The van der Waals surface area contributed by atoms with Crippen LogP contribution < -0.4 is 11.3 Å². The lowest BCUT2D eigenvalue weighted by atomic mass is 10.5. The zero-order valence-corrected chi connectivity index (χ0v) is 5.05. The summed E-state index contributed by atoms with van der Waals surface area (Å²) in [5, 5.41) is 6.32. The number of hydrogen-bond donors (Lipinski definition) is 2. The maximum absolute atomic E-state index is 4.70. The molecule has 4 nitrogen and oxygen atoms in total. The van der Waals surface area contributed by atoms with E-state index in [1.807, 2.05) is 19.9 Å². The third kappa shape index (κ3) is 3.14. The second-order valence-corrected chi connectivity index (χ2v) is 1.30. The van der Waals surface area contributed by atoms with E-state index in [4.69, 9.17) is 5.84 Å². The van der Waals surface area contributed by atoms with E-state index in [1.165, 1.54) is 0 Å². The number of allylic oxidation sites excluding steroid dienone is 2. The van der Waals surface area contributed by atoms with Gasteiger partial charge < -0.3 is 5.84 Å². The van der Waals surface area contributed by atoms with E-state index in [2.05, 4.69) is 15.9 Å². The van der Waals surface area contributed by atoms with E-state index in [9.17, 15) is 0 Å². The van der Waals surface area contributed by atoms with Crippen molar-refractivity contribution in [2.75, 3.05) is 0 Å². The minimum absolute atomic E-state index is 0.930. The number of nitrogens with two attached hydrogens (primary N) is 1. The molecule has 0 aliphatic heterocycles. The summed E-state index contributed by atoms with van der Waals surface area (Å²) in [5.41, 5.74) is 3.51. The van der Waals surface area contributed by atoms with Gasteiger partial charge >= 0.3 is 0 Å². The van der Waals surface area contributed by atoms with Crippen molar-refractivity contribution in [1.82, 2.24) is 5.43 Å². The topological polar surface area (TPSA) is 62.8 Å². The third-order valence-electron chi connectivity index (χ3n) is 0.717. The summed E-state index contributed by atoms with van der Waals surface area (Å²) in [7, 11) is 0. The van der Waals surface area contributed by atoms with Crippen molar-refractivity contribution >= 4 is 0 Å². The van der Waals surface area contributed by atoms with Crippen molar-refractivity contribution in [2.24, 2.45) is 16.3 Å². The summed E-state index contributed by atoms with van der Waals surface area (Å²) < 4.78 is 0. The SMILES string of the molecule is C/C=C(/C)N/N=N\N. The highest BCUT2D eigenvalue weighted by atomic mass is 15.5. The molecule has 0 spiro atoms. The van der Waals surface area contributed by atoms with Gasteiger partial charge in [-0.1, -0.05) is 16.5 Å². The molecule has 0 aliphatic carbocycles. The molecule has 4 heteroatoms. The van der Waals surface area contributed by atoms with Crippen LogP contribution in [0.25, 0.3) is 0 Å². The number of rotatable bonds is 2. The second kappa shape index (κ2) is 4.11. The molecular formula is C4H10N4. The lowest BCUT2D eigenvalue weighted by Crippen LogP contribution is -2.00. The molecule has 0 saturated heterocycles. The fourth-order valence-corrected chi connectivity index (χ4v) is 0.172. The van der Waals surface area contributed by atoms with Crippen LogP contribution in [-0.4, -0.2) is 0 Å². The van der Waals surface area contributed by atoms with Crippen molar-refractivity contribution in [3.63, 3.8) is 0 Å². The summed E-state index contributed by atoms with van der Waals surface area (Å²) in [6, 6.07) is 0. The van der Waals surface area contributed by atoms with E-state index in [1.54, 1.807) is 0 Å². The predicted octanol–water partition coefficient (Wildman–Crippen LogP) is 0.741. The standard InChI is InChI=1S/C4H10N4/c1-3-4(2)6-8-7-5/h3H,1-2H3,(H2,5,8)(H,6,7)/b4-3-. The van der Waals surface area contributed by atoms with Crippen molar-refractivity contribution < 1.29 is 0 Å². The first-order valence-corrected chi connectivity index (χ1v) is 2.30. The molecule has 0 fully saturated rings. The van der Waals surface area contributed by atoms with E-state index in [0.717, 1.165) is 5.70 Å². The molecule has 0 aromatic heterocycles. The zero-order chi connectivity index (χ0) is 6.41. The van der Waals surface area contributed by atoms with Crippen LogP contribution >= 0.6 is 0 Å². The van der Waals surface area contributed by atoms with Gasteiger partial charge in [-0.25, -0.2) is 0 Å². The molecule has 0 atom stereocenters. The van der Waals surface area contributed by atoms with Gasteiger partial charge in [-0.15, -0.1) is 0 Å². The van der Waals surface area contributed by atoms with Crippen LogP contribution in [-0.2, 0) is 0 Å². The van der Waals surface area contributed by atoms with E-state index in [-0.39, 0.29) is 0 Å². The normalized spacial score (nSPS) is 12.5. The molecule has 0 aliphatic rings. The van der Waals surface area contributed by atoms with Crippen LogP contribution in [0.3, 0.4) is 0 Å². The molecule has 0 amide bonds. The highest BCUT2D eigenvalue weighted by Gasteiger charge is 1.75. The van der Waals surface area contributed by atoms with E-state index < -0.39 is 0 Å². The summed E-state index contributed by atoms with van der Waals surface area (Å²) in [5.74, 6) is 4.70. The Morgan fingerprint density at radius 3 is 2.75 bits per heavy atom. The molecule has 0 aromatic carbocycles. The molecule has 0 saturated carbocycles. The largest absolute Gasteiger partial charge is 0.303 e. The van der Waals surface area contributed by atoms with Gasteiger partial charge in [0.25, 0.3) is 0 Å². The Morgan fingerprint density at radius 1 is 1.75 bits per heavy atom. The minimum Gasteiger partial charge on any atom is -0.303 e. The Balaban J connectivity index is 3.40. The highest BCUT2D eigenvalue weighted by Crippen LogP contribution is 1.82. The zero-order valence-electron chi connectivity index (χ0n) is 5.05. The third-order valence-corrected chi connectivity index (χ3v) is 0.717. The van der Waals surface area contributed by atoms with Crippen LogP contribution in [0.15, 0.2) is 22.2 Å². The highest BCUT2D eigenvalue weighted by molar-refractivity contribution is 4.89. The van der Waals surface area contributed by atoms with Gasteiger partial charge in [0.05, 0.1) is 0 Å². The molecular weight excluding hydrogens is 104 g/mol. The van der Waals surface area contributed by atoms with Crippen molar-refractivity contribution in [1.29, 1.82) is 0 Å². The molecule has 0 aromatic rings. The van der Waals surface area contributed by atoms with E-state index >= 15 is 0 Å².